The first-order chi connectivity index (χ1) is 6.34. The third-order valence-corrected chi connectivity index (χ3v) is 2.80. The molecule has 0 unspecified atom stereocenters. The van der Waals surface area contributed by atoms with Crippen LogP contribution in [0.3, 0.4) is 0 Å². The van der Waals surface area contributed by atoms with Crippen molar-refractivity contribution in [2.75, 3.05) is 12.4 Å². The Morgan fingerprint density at radius 2 is 2.08 bits per heavy atom. The zero-order valence-electron chi connectivity index (χ0n) is 7.39. The molecular weight excluding hydrogens is 249 g/mol. The van der Waals surface area contributed by atoms with Crippen molar-refractivity contribution in [1.29, 1.82) is 0 Å². The first kappa shape index (κ1) is 11.0. The molecule has 0 radical (unpaired) electrons. The molecule has 0 fully saturated rings. The molecule has 0 aliphatic rings. The van der Waals surface area contributed by atoms with Crippen LogP contribution >= 0.6 is 27.5 Å². The molecule has 0 aliphatic carbocycles. The van der Waals surface area contributed by atoms with Crippen LogP contribution < -0.4 is 5.32 Å². The minimum Gasteiger partial charge on any atom is -0.313 e. The monoisotopic (exact) mass is 261 g/mol. The average molecular weight is 263 g/mol. The van der Waals surface area contributed by atoms with E-state index in [0.29, 0.717) is 0 Å². The van der Waals surface area contributed by atoms with E-state index in [4.69, 9.17) is 11.6 Å². The van der Waals surface area contributed by atoms with Crippen molar-refractivity contribution in [3.63, 3.8) is 0 Å². The van der Waals surface area contributed by atoms with Crippen LogP contribution in [0.5, 0.6) is 0 Å². The first-order valence-electron chi connectivity index (χ1n) is 4.34. The number of hydrogen-bond donors (Lipinski definition) is 1. The van der Waals surface area contributed by atoms with Crippen LogP contribution in [0.1, 0.15) is 12.0 Å². The Bertz CT molecular complexity index is 252. The molecule has 0 aromatic heterocycles. The minimum absolute atomic E-state index is 0.725. The highest BCUT2D eigenvalue weighted by Crippen LogP contribution is 2.15. The van der Waals surface area contributed by atoms with E-state index < -0.39 is 0 Å². The normalized spacial score (nSPS) is 10.3. The highest BCUT2D eigenvalue weighted by atomic mass is 79.9. The van der Waals surface area contributed by atoms with E-state index in [1.54, 1.807) is 0 Å². The van der Waals surface area contributed by atoms with E-state index in [-0.39, 0.29) is 0 Å². The minimum atomic E-state index is 0.725. The summed E-state index contributed by atoms with van der Waals surface area (Å²) in [6.07, 6.45) is 1.02. The molecule has 0 saturated heterocycles. The molecule has 0 spiro atoms. The molecule has 0 heterocycles. The van der Waals surface area contributed by atoms with Crippen molar-refractivity contribution >= 4 is 27.5 Å². The SMILES string of the molecule is ClCCCNCc1ccccc1Br. The van der Waals surface area contributed by atoms with E-state index in [1.165, 1.54) is 5.56 Å². The lowest BCUT2D eigenvalue weighted by molar-refractivity contribution is 0.676. The Kier molecular flexibility index (Phi) is 5.44. The summed E-state index contributed by atoms with van der Waals surface area (Å²) >= 11 is 9.06. The fraction of sp³-hybridized carbons (Fsp3) is 0.400. The van der Waals surface area contributed by atoms with Gasteiger partial charge in [0.25, 0.3) is 0 Å². The molecule has 1 nitrogen and oxygen atoms in total. The van der Waals surface area contributed by atoms with Gasteiger partial charge < -0.3 is 5.32 Å². The molecule has 0 aliphatic heterocycles. The molecule has 3 heteroatoms. The summed E-state index contributed by atoms with van der Waals surface area (Å²) in [6, 6.07) is 8.23. The maximum Gasteiger partial charge on any atom is 0.0235 e. The smallest absolute Gasteiger partial charge is 0.0235 e. The molecule has 1 aromatic carbocycles. The van der Waals surface area contributed by atoms with Gasteiger partial charge in [-0.3, -0.25) is 0 Å². The highest BCUT2D eigenvalue weighted by Gasteiger charge is 1.96. The molecule has 72 valence electrons. The van der Waals surface area contributed by atoms with E-state index in [1.807, 2.05) is 12.1 Å². The lowest BCUT2D eigenvalue weighted by atomic mass is 10.2. The van der Waals surface area contributed by atoms with Crippen molar-refractivity contribution in [3.8, 4) is 0 Å². The van der Waals surface area contributed by atoms with Gasteiger partial charge in [0.2, 0.25) is 0 Å². The molecular formula is C10H13BrClN. The number of rotatable bonds is 5. The summed E-state index contributed by atoms with van der Waals surface area (Å²) in [4.78, 5) is 0. The van der Waals surface area contributed by atoms with Gasteiger partial charge in [-0.05, 0) is 24.6 Å². The predicted molar refractivity (Wildman–Crippen MR) is 61.2 cm³/mol. The highest BCUT2D eigenvalue weighted by molar-refractivity contribution is 9.10. The molecule has 13 heavy (non-hydrogen) atoms. The summed E-state index contributed by atoms with van der Waals surface area (Å²) < 4.78 is 1.16. The van der Waals surface area contributed by atoms with Crippen LogP contribution in [-0.2, 0) is 6.54 Å². The summed E-state index contributed by atoms with van der Waals surface area (Å²) in [6.45, 7) is 1.88. The van der Waals surface area contributed by atoms with Crippen molar-refractivity contribution < 1.29 is 0 Å². The molecule has 1 rings (SSSR count). The van der Waals surface area contributed by atoms with Crippen LogP contribution in [0, 0.1) is 0 Å². The average Bonchev–Trinajstić information content (AvgIpc) is 2.15. The van der Waals surface area contributed by atoms with Gasteiger partial charge in [0.1, 0.15) is 0 Å². The standard InChI is InChI=1S/C10H13BrClN/c11-10-5-2-1-4-9(10)8-13-7-3-6-12/h1-2,4-5,13H,3,6-8H2. The molecule has 0 atom stereocenters. The fourth-order valence-electron chi connectivity index (χ4n) is 1.06. The number of hydrogen-bond acceptors (Lipinski definition) is 1. The Morgan fingerprint density at radius 3 is 2.77 bits per heavy atom. The Labute approximate surface area is 92.6 Å². The maximum absolute atomic E-state index is 5.57. The van der Waals surface area contributed by atoms with Gasteiger partial charge in [0.05, 0.1) is 0 Å². The largest absolute Gasteiger partial charge is 0.313 e. The van der Waals surface area contributed by atoms with Crippen LogP contribution in [0.2, 0.25) is 0 Å². The van der Waals surface area contributed by atoms with Gasteiger partial charge >= 0.3 is 0 Å². The Balaban J connectivity index is 2.32. The summed E-state index contributed by atoms with van der Waals surface area (Å²) in [5.74, 6) is 0.725. The summed E-state index contributed by atoms with van der Waals surface area (Å²) in [5, 5.41) is 3.33. The second-order valence-corrected chi connectivity index (χ2v) is 4.04. The van der Waals surface area contributed by atoms with Gasteiger partial charge in [-0.1, -0.05) is 34.1 Å². The van der Waals surface area contributed by atoms with Crippen molar-refractivity contribution in [2.45, 2.75) is 13.0 Å². The van der Waals surface area contributed by atoms with Crippen molar-refractivity contribution in [2.24, 2.45) is 0 Å². The maximum atomic E-state index is 5.57. The lowest BCUT2D eigenvalue weighted by Gasteiger charge is -2.05. The van der Waals surface area contributed by atoms with Gasteiger partial charge in [0, 0.05) is 16.9 Å². The fourth-order valence-corrected chi connectivity index (χ4v) is 1.62. The van der Waals surface area contributed by atoms with Gasteiger partial charge in [-0.2, -0.15) is 0 Å². The first-order valence-corrected chi connectivity index (χ1v) is 5.67. The quantitative estimate of drug-likeness (QED) is 0.635. The van der Waals surface area contributed by atoms with Crippen LogP contribution in [0.4, 0.5) is 0 Å². The van der Waals surface area contributed by atoms with E-state index in [9.17, 15) is 0 Å². The molecule has 1 N–H and O–H groups in total. The van der Waals surface area contributed by atoms with E-state index in [0.717, 1.165) is 29.9 Å². The van der Waals surface area contributed by atoms with Crippen LogP contribution in [0.25, 0.3) is 0 Å². The molecule has 1 aromatic rings. The van der Waals surface area contributed by atoms with Crippen molar-refractivity contribution in [3.05, 3.63) is 34.3 Å². The lowest BCUT2D eigenvalue weighted by Crippen LogP contribution is -2.15. The second-order valence-electron chi connectivity index (χ2n) is 2.81. The van der Waals surface area contributed by atoms with E-state index >= 15 is 0 Å². The topological polar surface area (TPSA) is 12.0 Å². The van der Waals surface area contributed by atoms with Gasteiger partial charge in [-0.15, -0.1) is 11.6 Å². The van der Waals surface area contributed by atoms with E-state index in [2.05, 4.69) is 33.4 Å². The number of alkyl halides is 1. The molecule has 0 amide bonds. The Hall–Kier alpha value is -0.0500. The summed E-state index contributed by atoms with van der Waals surface area (Å²) in [7, 11) is 0. The number of benzene rings is 1. The number of halogens is 2. The zero-order chi connectivity index (χ0) is 9.52. The second kappa shape index (κ2) is 6.41. The van der Waals surface area contributed by atoms with Crippen LogP contribution in [-0.4, -0.2) is 12.4 Å². The third-order valence-electron chi connectivity index (χ3n) is 1.76. The van der Waals surface area contributed by atoms with Gasteiger partial charge in [0.15, 0.2) is 0 Å². The zero-order valence-corrected chi connectivity index (χ0v) is 9.74. The van der Waals surface area contributed by atoms with Gasteiger partial charge in [-0.25, -0.2) is 0 Å². The van der Waals surface area contributed by atoms with Crippen molar-refractivity contribution in [1.82, 2.24) is 5.32 Å². The third kappa shape index (κ3) is 4.12. The van der Waals surface area contributed by atoms with Crippen LogP contribution in [0.15, 0.2) is 28.7 Å². The number of nitrogens with one attached hydrogen (secondary N) is 1. The Morgan fingerprint density at radius 1 is 1.31 bits per heavy atom. The molecule has 0 bridgehead atoms. The molecule has 0 saturated carbocycles. The summed E-state index contributed by atoms with van der Waals surface area (Å²) in [5.41, 5.74) is 1.29. The predicted octanol–water partition coefficient (Wildman–Crippen LogP) is 3.17.